The molecule has 0 aliphatic carbocycles. The number of nitrogens with two attached hydrogens (primary N) is 2. The Labute approximate surface area is 297 Å². The number of aromatic nitrogens is 4. The number of hydrazine groups is 1. The highest BCUT2D eigenvalue weighted by molar-refractivity contribution is 7.13. The molecule has 20 heteroatoms. The van der Waals surface area contributed by atoms with E-state index in [9.17, 15) is 14.4 Å². The van der Waals surface area contributed by atoms with Gasteiger partial charge in [-0.05, 0) is 81.0 Å². The van der Waals surface area contributed by atoms with Gasteiger partial charge in [-0.2, -0.15) is 14.4 Å². The predicted molar refractivity (Wildman–Crippen MR) is 188 cm³/mol. The lowest BCUT2D eigenvalue weighted by Gasteiger charge is -2.35. The van der Waals surface area contributed by atoms with Crippen molar-refractivity contribution in [2.45, 2.75) is 92.2 Å². The number of amides is 3. The molecule has 0 saturated carbocycles. The van der Waals surface area contributed by atoms with E-state index in [4.69, 9.17) is 37.3 Å². The molecule has 272 valence electrons. The highest BCUT2D eigenvalue weighted by Gasteiger charge is 2.44. The molecule has 0 unspecified atom stereocenters. The molecule has 0 aromatic carbocycles. The lowest BCUT2D eigenvalue weighted by molar-refractivity contribution is -0.00704. The van der Waals surface area contributed by atoms with Crippen molar-refractivity contribution in [2.24, 2.45) is 0 Å². The van der Waals surface area contributed by atoms with Crippen molar-refractivity contribution in [3.8, 4) is 0 Å². The predicted octanol–water partition coefficient (Wildman–Crippen LogP) is 6.22. The number of anilines is 4. The lowest BCUT2D eigenvalue weighted by atomic mass is 10.2. The molecule has 3 aromatic rings. The molecule has 0 radical (unpaired) electrons. The monoisotopic (exact) mass is 746 g/mol. The van der Waals surface area contributed by atoms with Gasteiger partial charge < -0.3 is 35.9 Å². The van der Waals surface area contributed by atoms with Crippen LogP contribution in [0.15, 0.2) is 10.8 Å². The lowest BCUT2D eigenvalue weighted by Crippen LogP contribution is -2.57. The maximum atomic E-state index is 16.2. The number of carbonyl (C=O) groups excluding carboxylic acids is 3. The summed E-state index contributed by atoms with van der Waals surface area (Å²) >= 11 is 8.82. The first-order chi connectivity index (χ1) is 22.4. The molecule has 0 spiro atoms. The Morgan fingerprint density at radius 3 is 1.63 bits per heavy atom. The van der Waals surface area contributed by atoms with E-state index in [2.05, 4.69) is 25.3 Å². The number of nitrogen functional groups attached to an aromatic ring is 2. The van der Waals surface area contributed by atoms with Crippen LogP contribution in [-0.4, -0.2) is 74.1 Å². The minimum absolute atomic E-state index is 0.0473. The van der Waals surface area contributed by atoms with Gasteiger partial charge >= 0.3 is 18.3 Å². The van der Waals surface area contributed by atoms with Gasteiger partial charge in [0.05, 0.1) is 17.9 Å². The molecule has 0 bridgehead atoms. The zero-order valence-corrected chi connectivity index (χ0v) is 31.8. The van der Waals surface area contributed by atoms with Crippen molar-refractivity contribution >= 4 is 74.5 Å². The second kappa shape index (κ2) is 16.6. The molecule has 0 atom stereocenters. The Bertz CT molecular complexity index is 1570. The molecule has 16 nitrogen and oxygen atoms in total. The first kappa shape index (κ1) is 41.1. The number of nitrogens with zero attached hydrogens (tertiary/aromatic N) is 7. The maximum absolute atomic E-state index is 16.2. The van der Waals surface area contributed by atoms with E-state index in [1.54, 1.807) is 5.38 Å². The van der Waals surface area contributed by atoms with Gasteiger partial charge in [0.15, 0.2) is 16.1 Å². The fourth-order valence-corrected chi connectivity index (χ4v) is 4.78. The highest BCUT2D eigenvalue weighted by atomic mass is 35.5. The van der Waals surface area contributed by atoms with E-state index in [0.29, 0.717) is 16.0 Å². The van der Waals surface area contributed by atoms with Crippen LogP contribution >= 0.6 is 34.3 Å². The number of halogens is 2. The van der Waals surface area contributed by atoms with Gasteiger partial charge in [-0.25, -0.2) is 24.4 Å². The third kappa shape index (κ3) is 13.4. The van der Waals surface area contributed by atoms with Crippen molar-refractivity contribution in [3.05, 3.63) is 33.2 Å². The molecule has 5 N–H and O–H groups in total. The van der Waals surface area contributed by atoms with Crippen LogP contribution in [-0.2, 0) is 27.3 Å². The Morgan fingerprint density at radius 2 is 1.22 bits per heavy atom. The van der Waals surface area contributed by atoms with Gasteiger partial charge in [-0.3, -0.25) is 0 Å². The van der Waals surface area contributed by atoms with Gasteiger partial charge in [0.2, 0.25) is 16.9 Å². The summed E-state index contributed by atoms with van der Waals surface area (Å²) < 4.78 is 32.3. The topological polar surface area (TPSA) is 204 Å². The largest absolute Gasteiger partial charge is 0.442 e. The number of hydrogen-bond donors (Lipinski definition) is 3. The summed E-state index contributed by atoms with van der Waals surface area (Å²) in [6.45, 7) is 14.7. The van der Waals surface area contributed by atoms with Crippen LogP contribution in [0, 0.1) is 5.82 Å². The van der Waals surface area contributed by atoms with Gasteiger partial charge in [-0.15, -0.1) is 32.7 Å². The average molecular weight is 747 g/mol. The molecule has 0 fully saturated rings. The summed E-state index contributed by atoms with van der Waals surface area (Å²) in [5.41, 5.74) is 9.21. The van der Waals surface area contributed by atoms with Gasteiger partial charge in [-0.1, -0.05) is 0 Å². The van der Waals surface area contributed by atoms with Crippen molar-refractivity contribution in [1.82, 2.24) is 30.3 Å². The molecule has 0 saturated heterocycles. The highest BCUT2D eigenvalue weighted by Crippen LogP contribution is 2.31. The van der Waals surface area contributed by atoms with E-state index in [0.717, 1.165) is 12.2 Å². The first-order valence-corrected chi connectivity index (χ1v) is 16.8. The molecule has 3 amide bonds. The zero-order valence-electron chi connectivity index (χ0n) is 29.4. The number of imide groups is 1. The number of nitrogens with one attached hydrogen (secondary N) is 1. The number of rotatable bonds is 6. The standard InChI is InChI=1S/C24H35ClFN7O6S.C5H9N3S/c1-22(2,3)37-19(34)32(33(20(35)38-23(4,5)6)21(36)39-24(7,8)9)16-14(26)15(29-17(25)30-16)31(10)11-13-12-40-18(27)28-13;1-7-2-4-3-9-5(6)8-4/h12H,11H2,1-10H3,(H2,27,28);3,7H,2H2,1H3,(H2,6,8). The van der Waals surface area contributed by atoms with Crippen LogP contribution in [0.25, 0.3) is 0 Å². The SMILES string of the molecule is CN(Cc1csc(N)n1)c1nc(Cl)nc(N(C(=O)OC(C)(C)C)N(C(=O)OC(C)(C)C)C(=O)OC(C)(C)C)c1F.CNCc1csc(N)n1. The Balaban J connectivity index is 0.000000797. The Hall–Kier alpha value is -4.07. The van der Waals surface area contributed by atoms with Crippen LogP contribution in [0.1, 0.15) is 73.7 Å². The van der Waals surface area contributed by atoms with Crippen LogP contribution in [0.4, 0.5) is 40.7 Å². The summed E-state index contributed by atoms with van der Waals surface area (Å²) in [4.78, 5) is 57.5. The average Bonchev–Trinajstić information content (AvgIpc) is 3.52. The van der Waals surface area contributed by atoms with Gasteiger partial charge in [0, 0.05) is 24.4 Å². The van der Waals surface area contributed by atoms with Crippen molar-refractivity contribution in [2.75, 3.05) is 35.5 Å². The summed E-state index contributed by atoms with van der Waals surface area (Å²) in [7, 11) is 3.37. The fourth-order valence-electron chi connectivity index (χ4n) is 3.51. The fraction of sp³-hybridized carbons (Fsp3) is 0.552. The van der Waals surface area contributed by atoms with Crippen LogP contribution in [0.2, 0.25) is 5.28 Å². The normalized spacial score (nSPS) is 11.6. The zero-order chi connectivity index (χ0) is 37.5. The van der Waals surface area contributed by atoms with Gasteiger partial charge in [0.1, 0.15) is 16.8 Å². The Kier molecular flexibility index (Phi) is 13.9. The third-order valence-corrected chi connectivity index (χ3v) is 6.76. The van der Waals surface area contributed by atoms with E-state index in [1.807, 2.05) is 12.4 Å². The molecule has 49 heavy (non-hydrogen) atoms. The molecule has 3 rings (SSSR count). The van der Waals surface area contributed by atoms with Crippen molar-refractivity contribution in [3.63, 3.8) is 0 Å². The second-order valence-electron chi connectivity index (χ2n) is 13.3. The molecular formula is C29H44ClFN10O6S2. The molecular weight excluding hydrogens is 703 g/mol. The van der Waals surface area contributed by atoms with E-state index in [-0.39, 0.29) is 22.4 Å². The van der Waals surface area contributed by atoms with Crippen LogP contribution in [0.3, 0.4) is 0 Å². The van der Waals surface area contributed by atoms with E-state index < -0.39 is 52.0 Å². The minimum Gasteiger partial charge on any atom is -0.442 e. The summed E-state index contributed by atoms with van der Waals surface area (Å²) in [6, 6.07) is 0. The van der Waals surface area contributed by atoms with Gasteiger partial charge in [0.25, 0.3) is 0 Å². The summed E-state index contributed by atoms with van der Waals surface area (Å²) in [5, 5.41) is 7.50. The first-order valence-electron chi connectivity index (χ1n) is 14.7. The molecule has 0 aliphatic rings. The maximum Gasteiger partial charge on any atom is 0.440 e. The smallest absolute Gasteiger partial charge is 0.440 e. The summed E-state index contributed by atoms with van der Waals surface area (Å²) in [6.07, 6.45) is -4.08. The second-order valence-corrected chi connectivity index (χ2v) is 15.4. The van der Waals surface area contributed by atoms with Crippen LogP contribution < -0.4 is 26.7 Å². The number of carbonyl (C=O) groups is 3. The number of thiazole rings is 2. The van der Waals surface area contributed by atoms with Crippen molar-refractivity contribution in [1.29, 1.82) is 0 Å². The molecule has 3 heterocycles. The number of hydrogen-bond acceptors (Lipinski definition) is 16. The number of ether oxygens (including phenoxy) is 3. The van der Waals surface area contributed by atoms with Crippen LogP contribution in [0.5, 0.6) is 0 Å². The third-order valence-electron chi connectivity index (χ3n) is 5.15. The minimum atomic E-state index is -1.37. The summed E-state index contributed by atoms with van der Waals surface area (Å²) in [5.74, 6) is -2.45. The van der Waals surface area contributed by atoms with E-state index in [1.165, 1.54) is 96.9 Å². The molecule has 0 aliphatic heterocycles. The van der Waals surface area contributed by atoms with E-state index >= 15 is 4.39 Å². The molecule has 3 aromatic heterocycles. The Morgan fingerprint density at radius 1 is 0.796 bits per heavy atom. The quantitative estimate of drug-likeness (QED) is 0.146. The van der Waals surface area contributed by atoms with Crippen molar-refractivity contribution < 1.29 is 33.0 Å².